The van der Waals surface area contributed by atoms with Crippen LogP contribution in [-0.2, 0) is 20.6 Å². The molecule has 11 nitrogen and oxygen atoms in total. The number of hydrogen-bond donors (Lipinski definition) is 1. The van der Waals surface area contributed by atoms with E-state index in [0.717, 1.165) is 0 Å². The van der Waals surface area contributed by atoms with Crippen molar-refractivity contribution < 1.29 is 28.1 Å². The number of nitrogens with one attached hydrogen (secondary N) is 1. The van der Waals surface area contributed by atoms with Crippen molar-refractivity contribution in [3.63, 3.8) is 0 Å². The molecule has 3 aliphatic rings. The fraction of sp³-hybridized carbons (Fsp3) is 0.375. The van der Waals surface area contributed by atoms with Crippen molar-refractivity contribution in [1.82, 2.24) is 25.1 Å². The summed E-state index contributed by atoms with van der Waals surface area (Å²) in [6, 6.07) is 1.72. The molecule has 0 spiro atoms. The third kappa shape index (κ3) is 4.25. The van der Waals surface area contributed by atoms with E-state index in [0.29, 0.717) is 64.2 Å². The fourth-order valence-corrected chi connectivity index (χ4v) is 5.06. The summed E-state index contributed by atoms with van der Waals surface area (Å²) in [4.78, 5) is 27.6. The van der Waals surface area contributed by atoms with E-state index in [1.165, 1.54) is 7.11 Å². The predicted molar refractivity (Wildman–Crippen MR) is 132 cm³/mol. The van der Waals surface area contributed by atoms with Crippen LogP contribution in [0.3, 0.4) is 0 Å². The lowest BCUT2D eigenvalue weighted by atomic mass is 9.95. The largest absolute Gasteiger partial charge is 0.508 e. The Kier molecular flexibility index (Phi) is 6.13. The van der Waals surface area contributed by atoms with Gasteiger partial charge in [0.15, 0.2) is 5.82 Å². The van der Waals surface area contributed by atoms with Gasteiger partial charge in [-0.05, 0) is 24.5 Å². The predicted octanol–water partition coefficient (Wildman–Crippen LogP) is 3.67. The van der Waals surface area contributed by atoms with Crippen LogP contribution in [0.25, 0.3) is 33.1 Å². The molecule has 6 bridgehead atoms. The van der Waals surface area contributed by atoms with Gasteiger partial charge in [0.05, 0.1) is 50.6 Å². The van der Waals surface area contributed by atoms with Crippen molar-refractivity contribution in [3.05, 3.63) is 34.9 Å². The first kappa shape index (κ1) is 23.6. The van der Waals surface area contributed by atoms with Gasteiger partial charge in [-0.2, -0.15) is 15.1 Å². The third-order valence-corrected chi connectivity index (χ3v) is 6.79. The Morgan fingerprint density at radius 1 is 1.24 bits per heavy atom. The smallest absolute Gasteiger partial charge is 0.467 e. The number of aromatic nitrogens is 5. The third-order valence-electron chi connectivity index (χ3n) is 6.45. The van der Waals surface area contributed by atoms with Crippen molar-refractivity contribution in [2.45, 2.75) is 18.9 Å². The second-order valence-corrected chi connectivity index (χ2v) is 9.13. The molecule has 1 N–H and O–H groups in total. The van der Waals surface area contributed by atoms with Gasteiger partial charge in [0.2, 0.25) is 0 Å². The zero-order valence-corrected chi connectivity index (χ0v) is 20.5. The Labute approximate surface area is 214 Å². The van der Waals surface area contributed by atoms with Crippen LogP contribution >= 0.6 is 11.6 Å². The van der Waals surface area contributed by atoms with E-state index in [-0.39, 0.29) is 37.0 Å². The van der Waals surface area contributed by atoms with Gasteiger partial charge in [0, 0.05) is 28.7 Å². The second-order valence-electron chi connectivity index (χ2n) is 8.72. The molecule has 6 heterocycles. The highest BCUT2D eigenvalue weighted by molar-refractivity contribution is 6.33. The van der Waals surface area contributed by atoms with Crippen molar-refractivity contribution in [3.8, 4) is 17.3 Å². The monoisotopic (exact) mass is 528 g/mol. The molecule has 0 radical (unpaired) electrons. The summed E-state index contributed by atoms with van der Waals surface area (Å²) in [6.45, 7) is 1.29. The maximum Gasteiger partial charge on any atom is 0.508 e. The Bertz CT molecular complexity index is 1510. The Balaban J connectivity index is 1.62. The minimum absolute atomic E-state index is 0.0125. The number of rotatable bonds is 1. The van der Waals surface area contributed by atoms with Crippen LogP contribution in [-0.4, -0.2) is 77.4 Å². The molecule has 1 fully saturated rings. The summed E-state index contributed by atoms with van der Waals surface area (Å²) in [5.41, 5.74) is 1.90. The van der Waals surface area contributed by atoms with E-state index in [4.69, 9.17) is 30.5 Å². The van der Waals surface area contributed by atoms with Gasteiger partial charge in [-0.3, -0.25) is 10.1 Å². The van der Waals surface area contributed by atoms with Gasteiger partial charge in [0.1, 0.15) is 23.1 Å². The maximum absolute atomic E-state index is 16.4. The van der Waals surface area contributed by atoms with Gasteiger partial charge in [0.25, 0.3) is 0 Å². The van der Waals surface area contributed by atoms with E-state index in [2.05, 4.69) is 25.1 Å². The normalized spacial score (nSPS) is 18.5. The first-order valence-corrected chi connectivity index (χ1v) is 12.1. The molecule has 7 rings (SSSR count). The van der Waals surface area contributed by atoms with Gasteiger partial charge < -0.3 is 23.8 Å². The molecule has 4 aromatic rings. The summed E-state index contributed by atoms with van der Waals surface area (Å²) in [5.74, 6) is -0.248. The number of methoxy groups -OCH3 is 1. The average Bonchev–Trinajstić information content (AvgIpc) is 3.23. The van der Waals surface area contributed by atoms with Crippen LogP contribution in [0.15, 0.2) is 18.5 Å². The number of anilines is 1. The molecular weight excluding hydrogens is 507 g/mol. The number of hydrogen-bond acceptors (Lipinski definition) is 10. The molecule has 37 heavy (non-hydrogen) atoms. The number of ether oxygens (including phenoxy) is 4. The molecule has 3 aliphatic heterocycles. The van der Waals surface area contributed by atoms with Crippen molar-refractivity contribution in [1.29, 1.82) is 0 Å². The topological polar surface area (TPSA) is 125 Å². The highest BCUT2D eigenvalue weighted by Gasteiger charge is 2.28. The lowest BCUT2D eigenvalue weighted by Crippen LogP contribution is -2.36. The number of nitrogens with zero attached hydrogens (tertiary/aromatic N) is 5. The molecule has 3 aromatic heterocycles. The number of halogens is 2. The average molecular weight is 529 g/mol. The summed E-state index contributed by atoms with van der Waals surface area (Å²) in [7, 11) is 1.41. The number of carbonyl (C=O) groups is 1. The zero-order valence-electron chi connectivity index (χ0n) is 19.8. The number of carbonyl (C=O) groups excluding carboxylic acids is 1. The van der Waals surface area contributed by atoms with Crippen LogP contribution < -0.4 is 9.64 Å². The number of benzene rings is 1. The summed E-state index contributed by atoms with van der Waals surface area (Å²) in [5, 5.41) is 8.44. The number of pyridine rings is 1. The van der Waals surface area contributed by atoms with Crippen LogP contribution in [0.1, 0.15) is 12.0 Å². The van der Waals surface area contributed by atoms with Gasteiger partial charge in [-0.25, -0.2) is 9.18 Å². The van der Waals surface area contributed by atoms with Crippen LogP contribution in [0.4, 0.5) is 15.0 Å². The van der Waals surface area contributed by atoms with Crippen LogP contribution in [0.2, 0.25) is 5.02 Å². The van der Waals surface area contributed by atoms with E-state index in [9.17, 15) is 4.79 Å². The van der Waals surface area contributed by atoms with E-state index in [1.807, 2.05) is 4.90 Å². The molecule has 0 amide bonds. The standard InChI is InChI=1S/C24H22ClFN6O5/c1-34-23-29-20-15-8-27-21(19(20)26)18-13(16(25)7-17-14(18)9-28-31-17)3-2-5-36-24(33)37-12-10-32(22(15)30-23)4-6-35-11-12/h7-9,12H,2-6,10-11H2,1H3,(H,28,31). The Morgan fingerprint density at radius 2 is 2.14 bits per heavy atom. The summed E-state index contributed by atoms with van der Waals surface area (Å²) < 4.78 is 38.1. The van der Waals surface area contributed by atoms with Gasteiger partial charge >= 0.3 is 12.2 Å². The molecule has 1 atom stereocenters. The molecule has 13 heteroatoms. The maximum atomic E-state index is 16.4. The van der Waals surface area contributed by atoms with Crippen molar-refractivity contribution in [2.24, 2.45) is 0 Å². The highest BCUT2D eigenvalue weighted by atomic mass is 35.5. The second kappa shape index (κ2) is 9.60. The van der Waals surface area contributed by atoms with Gasteiger partial charge in [-0.15, -0.1) is 0 Å². The van der Waals surface area contributed by atoms with Crippen LogP contribution in [0, 0.1) is 5.82 Å². The molecule has 0 aliphatic carbocycles. The number of aromatic amines is 1. The van der Waals surface area contributed by atoms with E-state index < -0.39 is 18.1 Å². The number of H-pyrrole nitrogens is 1. The van der Waals surface area contributed by atoms with E-state index in [1.54, 1.807) is 18.5 Å². The first-order valence-electron chi connectivity index (χ1n) is 11.7. The fourth-order valence-electron chi connectivity index (χ4n) is 4.76. The van der Waals surface area contributed by atoms with E-state index >= 15 is 4.39 Å². The first-order chi connectivity index (χ1) is 18.0. The summed E-state index contributed by atoms with van der Waals surface area (Å²) in [6.07, 6.45) is 2.54. The lowest BCUT2D eigenvalue weighted by Gasteiger charge is -2.26. The Morgan fingerprint density at radius 3 is 3.00 bits per heavy atom. The molecule has 1 unspecified atom stereocenters. The van der Waals surface area contributed by atoms with Gasteiger partial charge in [-0.1, -0.05) is 11.6 Å². The van der Waals surface area contributed by atoms with Crippen molar-refractivity contribution >= 4 is 45.4 Å². The number of fused-ring (bicyclic) bond motifs is 7. The van der Waals surface area contributed by atoms with Crippen LogP contribution in [0.5, 0.6) is 6.01 Å². The SMILES string of the molecule is COc1nc2c3cnc(c(F)c3n1)-c1c(c(Cl)cc3[nH]ncc13)CCCOC(=O)OC1COCCN2C1. The minimum Gasteiger partial charge on any atom is -0.467 e. The lowest BCUT2D eigenvalue weighted by molar-refractivity contribution is -0.00447. The molecular formula is C24H22ClFN6O5. The summed E-state index contributed by atoms with van der Waals surface area (Å²) >= 11 is 6.65. The Hall–Kier alpha value is -3.77. The molecule has 1 aromatic carbocycles. The molecule has 0 saturated carbocycles. The minimum atomic E-state index is -0.791. The highest BCUT2D eigenvalue weighted by Crippen LogP contribution is 2.39. The quantitative estimate of drug-likeness (QED) is 0.366. The molecule has 1 saturated heterocycles. The zero-order chi connectivity index (χ0) is 25.5. The molecule has 192 valence electrons. The van der Waals surface area contributed by atoms with Crippen molar-refractivity contribution in [2.75, 3.05) is 44.9 Å².